The number of benzene rings is 1. The molecule has 1 aromatic carbocycles. The number of aromatic nitrogens is 1. The number of piperidine rings is 1. The molecule has 2 aromatic rings. The van der Waals surface area contributed by atoms with Crippen LogP contribution in [0.2, 0.25) is 0 Å². The summed E-state index contributed by atoms with van der Waals surface area (Å²) in [6, 6.07) is 11.4. The van der Waals surface area contributed by atoms with Crippen LogP contribution in [0.1, 0.15) is 77.8 Å². The Kier molecular flexibility index (Phi) is 15.8. The van der Waals surface area contributed by atoms with Crippen LogP contribution in [0.15, 0.2) is 47.5 Å². The van der Waals surface area contributed by atoms with Gasteiger partial charge in [-0.2, -0.15) is 0 Å². The van der Waals surface area contributed by atoms with E-state index in [9.17, 15) is 8.42 Å². The van der Waals surface area contributed by atoms with Crippen LogP contribution in [-0.4, -0.2) is 32.7 Å². The van der Waals surface area contributed by atoms with Gasteiger partial charge in [0.05, 0.1) is 4.90 Å². The maximum absolute atomic E-state index is 11.2. The van der Waals surface area contributed by atoms with E-state index in [1.165, 1.54) is 49.7 Å². The summed E-state index contributed by atoms with van der Waals surface area (Å²) in [5.74, 6) is 1.14. The van der Waals surface area contributed by atoms with Gasteiger partial charge in [-0.1, -0.05) is 59.2 Å². The second-order valence-electron chi connectivity index (χ2n) is 7.26. The van der Waals surface area contributed by atoms with E-state index in [0.29, 0.717) is 4.90 Å². The van der Waals surface area contributed by atoms with Crippen LogP contribution < -0.4 is 4.90 Å². The fraction of sp³-hybridized carbons (Fsp3) is 0.577. The smallest absolute Gasteiger partial charge is 0.175 e. The van der Waals surface area contributed by atoms with Gasteiger partial charge in [-0.25, -0.2) is 13.4 Å². The molecule has 0 amide bonds. The highest BCUT2D eigenvalue weighted by Crippen LogP contribution is 2.17. The summed E-state index contributed by atoms with van der Waals surface area (Å²) in [4.78, 5) is 7.21. The third-order valence-electron chi connectivity index (χ3n) is 4.75. The van der Waals surface area contributed by atoms with E-state index in [-0.39, 0.29) is 0 Å². The Bertz CT molecular complexity index is 779. The number of hydrogen-bond acceptors (Lipinski definition) is 4. The Labute approximate surface area is 192 Å². The highest BCUT2D eigenvalue weighted by molar-refractivity contribution is 7.90. The Morgan fingerprint density at radius 2 is 1.48 bits per heavy atom. The molecular formula is C26H44N2O2S. The molecule has 4 nitrogen and oxygen atoms in total. The zero-order valence-electron chi connectivity index (χ0n) is 20.8. The van der Waals surface area contributed by atoms with E-state index in [0.717, 1.165) is 25.1 Å². The largest absolute Gasteiger partial charge is 0.357 e. The van der Waals surface area contributed by atoms with Crippen LogP contribution in [0.5, 0.6) is 0 Å². The van der Waals surface area contributed by atoms with Crippen molar-refractivity contribution in [1.29, 1.82) is 0 Å². The lowest BCUT2D eigenvalue weighted by atomic mass is 10.1. The number of aryl methyl sites for hydroxylation is 2. The third kappa shape index (κ3) is 11.9. The minimum atomic E-state index is -3.04. The Morgan fingerprint density at radius 3 is 1.94 bits per heavy atom. The summed E-state index contributed by atoms with van der Waals surface area (Å²) in [5.41, 5.74) is 2.44. The van der Waals surface area contributed by atoms with Crippen molar-refractivity contribution in [3.05, 3.63) is 53.7 Å². The summed E-state index contributed by atoms with van der Waals surface area (Å²) < 4.78 is 22.3. The summed E-state index contributed by atoms with van der Waals surface area (Å²) in [6.07, 6.45) is 10.5. The maximum atomic E-state index is 11.2. The number of pyridine rings is 1. The van der Waals surface area contributed by atoms with Gasteiger partial charge < -0.3 is 4.90 Å². The van der Waals surface area contributed by atoms with Gasteiger partial charge >= 0.3 is 0 Å². The molecule has 0 radical (unpaired) electrons. The topological polar surface area (TPSA) is 50.3 Å². The SMILES string of the molecule is CC.CC.CCCCc1ccc(S(C)(=O)=O)cc1.Cc1ccc(N2CCCCC2)nc1. The fourth-order valence-electron chi connectivity index (χ4n) is 3.05. The van der Waals surface area contributed by atoms with Crippen LogP contribution >= 0.6 is 0 Å². The third-order valence-corrected chi connectivity index (χ3v) is 5.87. The first kappa shape index (κ1) is 29.1. The number of nitrogens with zero attached hydrogens (tertiary/aromatic N) is 2. The van der Waals surface area contributed by atoms with E-state index >= 15 is 0 Å². The Hall–Kier alpha value is -1.88. The van der Waals surface area contributed by atoms with Crippen molar-refractivity contribution < 1.29 is 8.42 Å². The summed E-state index contributed by atoms with van der Waals surface area (Å²) in [5, 5.41) is 0. The normalized spacial score (nSPS) is 12.9. The summed E-state index contributed by atoms with van der Waals surface area (Å²) >= 11 is 0. The highest BCUT2D eigenvalue weighted by atomic mass is 32.2. The first-order chi connectivity index (χ1) is 14.9. The zero-order valence-corrected chi connectivity index (χ0v) is 21.6. The molecule has 0 atom stereocenters. The lowest BCUT2D eigenvalue weighted by Crippen LogP contribution is -2.29. The lowest BCUT2D eigenvalue weighted by molar-refractivity contribution is 0.573. The number of anilines is 1. The predicted octanol–water partition coefficient (Wildman–Crippen LogP) is 6.87. The van der Waals surface area contributed by atoms with Crippen LogP contribution in [0, 0.1) is 6.92 Å². The van der Waals surface area contributed by atoms with Crippen LogP contribution in [0.4, 0.5) is 5.82 Å². The molecule has 1 saturated heterocycles. The van der Waals surface area contributed by atoms with Gasteiger partial charge in [0.2, 0.25) is 0 Å². The Morgan fingerprint density at radius 1 is 0.903 bits per heavy atom. The maximum Gasteiger partial charge on any atom is 0.175 e. The van der Waals surface area contributed by atoms with E-state index in [4.69, 9.17) is 0 Å². The molecule has 0 saturated carbocycles. The van der Waals surface area contributed by atoms with Crippen molar-refractivity contribution in [1.82, 2.24) is 4.98 Å². The average Bonchev–Trinajstić information content (AvgIpc) is 2.81. The standard InChI is InChI=1S/C11H16N2.C11H16O2S.2C2H6/c1-10-5-6-11(12-9-10)13-7-3-2-4-8-13;1-3-4-5-10-6-8-11(9-7-10)14(2,12)13;2*1-2/h5-6,9H,2-4,7-8H2,1H3;6-9H,3-5H2,1-2H3;2*1-2H3. The van der Waals surface area contributed by atoms with E-state index in [2.05, 4.69) is 35.9 Å². The van der Waals surface area contributed by atoms with E-state index in [1.807, 2.05) is 46.0 Å². The second kappa shape index (κ2) is 16.8. The number of sulfone groups is 1. The van der Waals surface area contributed by atoms with Gasteiger partial charge in [-0.15, -0.1) is 0 Å². The molecule has 0 bridgehead atoms. The van der Waals surface area contributed by atoms with Gasteiger partial charge in [-0.05, 0) is 68.4 Å². The molecule has 1 aliphatic heterocycles. The predicted molar refractivity (Wildman–Crippen MR) is 136 cm³/mol. The molecule has 31 heavy (non-hydrogen) atoms. The molecular weight excluding hydrogens is 404 g/mol. The van der Waals surface area contributed by atoms with Gasteiger partial charge in [0.1, 0.15) is 5.82 Å². The number of hydrogen-bond donors (Lipinski definition) is 0. The van der Waals surface area contributed by atoms with E-state index in [1.54, 1.807) is 12.1 Å². The average molecular weight is 449 g/mol. The van der Waals surface area contributed by atoms with Crippen LogP contribution in [0.25, 0.3) is 0 Å². The number of rotatable bonds is 5. The minimum Gasteiger partial charge on any atom is -0.357 e. The fourth-order valence-corrected chi connectivity index (χ4v) is 3.68. The highest BCUT2D eigenvalue weighted by Gasteiger charge is 2.10. The molecule has 0 unspecified atom stereocenters. The molecule has 2 heterocycles. The molecule has 0 aliphatic carbocycles. The Balaban J connectivity index is 0.000000501. The first-order valence-corrected chi connectivity index (χ1v) is 13.8. The molecule has 3 rings (SSSR count). The molecule has 0 N–H and O–H groups in total. The van der Waals surface area contributed by atoms with Crippen molar-refractivity contribution in [2.24, 2.45) is 0 Å². The van der Waals surface area contributed by atoms with Crippen molar-refractivity contribution in [3.63, 3.8) is 0 Å². The molecule has 1 aromatic heterocycles. The summed E-state index contributed by atoms with van der Waals surface area (Å²) in [6.45, 7) is 14.6. The molecule has 0 spiro atoms. The molecule has 5 heteroatoms. The summed E-state index contributed by atoms with van der Waals surface area (Å²) in [7, 11) is -3.04. The van der Waals surface area contributed by atoms with Gasteiger partial charge in [0.15, 0.2) is 9.84 Å². The van der Waals surface area contributed by atoms with Crippen LogP contribution in [0.3, 0.4) is 0 Å². The monoisotopic (exact) mass is 448 g/mol. The molecule has 1 aliphatic rings. The van der Waals surface area contributed by atoms with Crippen LogP contribution in [-0.2, 0) is 16.3 Å². The van der Waals surface area contributed by atoms with E-state index < -0.39 is 9.84 Å². The lowest BCUT2D eigenvalue weighted by Gasteiger charge is -2.27. The van der Waals surface area contributed by atoms with Gasteiger partial charge in [0, 0.05) is 25.5 Å². The van der Waals surface area contributed by atoms with Gasteiger partial charge in [0.25, 0.3) is 0 Å². The molecule has 176 valence electrons. The van der Waals surface area contributed by atoms with Crippen molar-refractivity contribution in [2.45, 2.75) is 85.0 Å². The molecule has 1 fully saturated rings. The van der Waals surface area contributed by atoms with Crippen molar-refractivity contribution >= 4 is 15.7 Å². The second-order valence-corrected chi connectivity index (χ2v) is 9.28. The van der Waals surface area contributed by atoms with Crippen molar-refractivity contribution in [3.8, 4) is 0 Å². The zero-order chi connectivity index (χ0) is 23.7. The minimum absolute atomic E-state index is 0.401. The number of unbranched alkanes of at least 4 members (excludes halogenated alkanes) is 1. The van der Waals surface area contributed by atoms with Gasteiger partial charge in [-0.3, -0.25) is 0 Å². The quantitative estimate of drug-likeness (QED) is 0.501. The first-order valence-electron chi connectivity index (χ1n) is 11.9. The van der Waals surface area contributed by atoms with Crippen molar-refractivity contribution in [2.75, 3.05) is 24.2 Å².